The van der Waals surface area contributed by atoms with Crippen LogP contribution < -0.4 is 5.32 Å². The Morgan fingerprint density at radius 2 is 2.26 bits per heavy atom. The first-order valence-corrected chi connectivity index (χ1v) is 5.88. The molecule has 3 aromatic rings. The number of fused-ring (bicyclic) bond motifs is 1. The maximum Gasteiger partial charge on any atom is 0.228 e. The Labute approximate surface area is 108 Å². The lowest BCUT2D eigenvalue weighted by molar-refractivity contribution is -0.116. The summed E-state index contributed by atoms with van der Waals surface area (Å²) in [6, 6.07) is 7.61. The first-order chi connectivity index (χ1) is 9.31. The predicted octanol–water partition coefficient (Wildman–Crippen LogP) is 1.18. The average Bonchev–Trinajstić information content (AvgIpc) is 3.04. The fourth-order valence-corrected chi connectivity index (χ4v) is 1.77. The summed E-state index contributed by atoms with van der Waals surface area (Å²) in [6.07, 6.45) is 3.34. The van der Waals surface area contributed by atoms with E-state index in [1.54, 1.807) is 11.0 Å². The van der Waals surface area contributed by atoms with Crippen LogP contribution in [0.25, 0.3) is 11.0 Å². The number of carbonyl (C=O) groups is 1. The van der Waals surface area contributed by atoms with E-state index >= 15 is 0 Å². The number of nitrogens with zero attached hydrogens (tertiary/aromatic N) is 4. The Hall–Kier alpha value is -2.70. The quantitative estimate of drug-likeness (QED) is 0.733. The third-order valence-corrected chi connectivity index (χ3v) is 2.68. The van der Waals surface area contributed by atoms with E-state index in [4.69, 9.17) is 0 Å². The minimum atomic E-state index is -0.116. The molecule has 0 saturated heterocycles. The molecule has 19 heavy (non-hydrogen) atoms. The van der Waals surface area contributed by atoms with Gasteiger partial charge in [-0.25, -0.2) is 9.97 Å². The third-order valence-electron chi connectivity index (χ3n) is 2.68. The molecule has 0 atom stereocenters. The number of hydrogen-bond donors (Lipinski definition) is 2. The summed E-state index contributed by atoms with van der Waals surface area (Å²) in [6.45, 7) is 0.492. The lowest BCUT2D eigenvalue weighted by Gasteiger charge is -2.01. The monoisotopic (exact) mass is 256 g/mol. The van der Waals surface area contributed by atoms with Crippen molar-refractivity contribution in [1.29, 1.82) is 0 Å². The Morgan fingerprint density at radius 3 is 3.05 bits per heavy atom. The minimum Gasteiger partial charge on any atom is -0.324 e. The molecular formula is C12H12N6O. The van der Waals surface area contributed by atoms with Crippen LogP contribution >= 0.6 is 0 Å². The van der Waals surface area contributed by atoms with Gasteiger partial charge >= 0.3 is 0 Å². The fraction of sp³-hybridized carbons (Fsp3) is 0.167. The van der Waals surface area contributed by atoms with Crippen molar-refractivity contribution in [1.82, 2.24) is 24.7 Å². The van der Waals surface area contributed by atoms with Crippen LogP contribution in [0.3, 0.4) is 0 Å². The molecule has 0 spiro atoms. The van der Waals surface area contributed by atoms with Gasteiger partial charge in [-0.2, -0.15) is 5.10 Å². The van der Waals surface area contributed by atoms with Gasteiger partial charge in [-0.3, -0.25) is 14.8 Å². The second-order valence-corrected chi connectivity index (χ2v) is 4.06. The van der Waals surface area contributed by atoms with Crippen LogP contribution in [-0.2, 0) is 11.3 Å². The van der Waals surface area contributed by atoms with Crippen molar-refractivity contribution in [2.45, 2.75) is 13.0 Å². The number of benzene rings is 1. The molecule has 7 nitrogen and oxygen atoms in total. The van der Waals surface area contributed by atoms with Gasteiger partial charge < -0.3 is 4.98 Å². The molecule has 0 aliphatic heterocycles. The van der Waals surface area contributed by atoms with E-state index < -0.39 is 0 Å². The Morgan fingerprint density at radius 1 is 1.37 bits per heavy atom. The van der Waals surface area contributed by atoms with Crippen molar-refractivity contribution in [3.63, 3.8) is 0 Å². The van der Waals surface area contributed by atoms with E-state index in [2.05, 4.69) is 25.4 Å². The van der Waals surface area contributed by atoms with Gasteiger partial charge in [-0.1, -0.05) is 12.1 Å². The van der Waals surface area contributed by atoms with Crippen LogP contribution in [0.5, 0.6) is 0 Å². The highest BCUT2D eigenvalue weighted by Gasteiger charge is 2.06. The highest BCUT2D eigenvalue weighted by molar-refractivity contribution is 5.90. The second-order valence-electron chi connectivity index (χ2n) is 4.06. The Bertz CT molecular complexity index is 654. The van der Waals surface area contributed by atoms with Crippen molar-refractivity contribution in [2.24, 2.45) is 0 Å². The number of imidazole rings is 1. The summed E-state index contributed by atoms with van der Waals surface area (Å²) in [5, 5.41) is 6.66. The maximum atomic E-state index is 11.8. The van der Waals surface area contributed by atoms with Crippen LogP contribution in [-0.4, -0.2) is 30.6 Å². The van der Waals surface area contributed by atoms with E-state index in [0.717, 1.165) is 11.0 Å². The molecule has 1 amide bonds. The van der Waals surface area contributed by atoms with E-state index in [0.29, 0.717) is 18.9 Å². The van der Waals surface area contributed by atoms with Gasteiger partial charge in [0.2, 0.25) is 11.9 Å². The van der Waals surface area contributed by atoms with Crippen molar-refractivity contribution in [2.75, 3.05) is 5.32 Å². The number of aryl methyl sites for hydroxylation is 1. The number of anilines is 1. The summed E-state index contributed by atoms with van der Waals surface area (Å²) in [7, 11) is 0. The number of aromatic nitrogens is 5. The van der Waals surface area contributed by atoms with Crippen LogP contribution in [0.2, 0.25) is 0 Å². The number of para-hydroxylation sites is 2. The molecule has 2 N–H and O–H groups in total. The first kappa shape index (κ1) is 11.4. The molecule has 0 saturated carbocycles. The second kappa shape index (κ2) is 4.89. The van der Waals surface area contributed by atoms with Crippen molar-refractivity contribution >= 4 is 22.9 Å². The standard InChI is InChI=1S/C12H12N6O/c19-11(5-6-18-8-13-7-14-18)17-12-15-9-3-1-2-4-10(9)16-12/h1-4,7-8H,5-6H2,(H2,15,16,17,19). The highest BCUT2D eigenvalue weighted by atomic mass is 16.1. The number of hydrogen-bond acceptors (Lipinski definition) is 4. The Kier molecular flexibility index (Phi) is 2.93. The number of rotatable bonds is 4. The zero-order valence-corrected chi connectivity index (χ0v) is 10.1. The van der Waals surface area contributed by atoms with Gasteiger partial charge in [0, 0.05) is 6.42 Å². The summed E-state index contributed by atoms with van der Waals surface area (Å²) < 4.78 is 1.61. The molecule has 3 rings (SSSR count). The number of nitrogens with one attached hydrogen (secondary N) is 2. The lowest BCUT2D eigenvalue weighted by atomic mass is 10.3. The molecule has 0 fully saturated rings. The predicted molar refractivity (Wildman–Crippen MR) is 69.4 cm³/mol. The van der Waals surface area contributed by atoms with Gasteiger partial charge in [-0.05, 0) is 12.1 Å². The smallest absolute Gasteiger partial charge is 0.228 e. The zero-order chi connectivity index (χ0) is 13.1. The maximum absolute atomic E-state index is 11.8. The molecule has 96 valence electrons. The summed E-state index contributed by atoms with van der Waals surface area (Å²) >= 11 is 0. The van der Waals surface area contributed by atoms with E-state index in [-0.39, 0.29) is 5.91 Å². The third kappa shape index (κ3) is 2.59. The zero-order valence-electron chi connectivity index (χ0n) is 10.1. The topological polar surface area (TPSA) is 88.5 Å². The highest BCUT2D eigenvalue weighted by Crippen LogP contribution is 2.13. The van der Waals surface area contributed by atoms with Crippen molar-refractivity contribution in [3.05, 3.63) is 36.9 Å². The molecule has 1 aromatic carbocycles. The van der Waals surface area contributed by atoms with E-state index in [1.165, 1.54) is 6.33 Å². The molecule has 2 aromatic heterocycles. The molecule has 0 aliphatic carbocycles. The Balaban J connectivity index is 1.62. The molecular weight excluding hydrogens is 244 g/mol. The van der Waals surface area contributed by atoms with Gasteiger partial charge in [-0.15, -0.1) is 0 Å². The summed E-state index contributed by atoms with van der Waals surface area (Å²) in [5.41, 5.74) is 1.73. The van der Waals surface area contributed by atoms with Gasteiger partial charge in [0.1, 0.15) is 12.7 Å². The number of amides is 1. The first-order valence-electron chi connectivity index (χ1n) is 5.88. The normalized spacial score (nSPS) is 10.7. The SMILES string of the molecule is O=C(CCn1cncn1)Nc1nc2ccccc2[nH]1. The molecule has 0 unspecified atom stereocenters. The molecule has 0 aliphatic rings. The van der Waals surface area contributed by atoms with E-state index in [9.17, 15) is 4.79 Å². The van der Waals surface area contributed by atoms with Gasteiger partial charge in [0.25, 0.3) is 0 Å². The average molecular weight is 256 g/mol. The largest absolute Gasteiger partial charge is 0.324 e. The number of aromatic amines is 1. The molecule has 0 bridgehead atoms. The minimum absolute atomic E-state index is 0.116. The van der Waals surface area contributed by atoms with E-state index in [1.807, 2.05) is 24.3 Å². The van der Waals surface area contributed by atoms with Crippen LogP contribution in [0.15, 0.2) is 36.9 Å². The number of carbonyl (C=O) groups excluding carboxylic acids is 1. The summed E-state index contributed by atoms with van der Waals surface area (Å²) in [4.78, 5) is 22.9. The lowest BCUT2D eigenvalue weighted by Crippen LogP contribution is -2.15. The van der Waals surface area contributed by atoms with Crippen LogP contribution in [0, 0.1) is 0 Å². The van der Waals surface area contributed by atoms with Crippen LogP contribution in [0.1, 0.15) is 6.42 Å². The molecule has 7 heteroatoms. The number of H-pyrrole nitrogens is 1. The van der Waals surface area contributed by atoms with Crippen LogP contribution in [0.4, 0.5) is 5.95 Å². The molecule has 2 heterocycles. The van der Waals surface area contributed by atoms with Crippen molar-refractivity contribution in [3.8, 4) is 0 Å². The fourth-order valence-electron chi connectivity index (χ4n) is 1.77. The summed E-state index contributed by atoms with van der Waals surface area (Å²) in [5.74, 6) is 0.347. The van der Waals surface area contributed by atoms with Gasteiger partial charge in [0.05, 0.1) is 17.6 Å². The molecule has 0 radical (unpaired) electrons. The van der Waals surface area contributed by atoms with Crippen molar-refractivity contribution < 1.29 is 4.79 Å². The van der Waals surface area contributed by atoms with Gasteiger partial charge in [0.15, 0.2) is 0 Å².